The van der Waals surface area contributed by atoms with Crippen LogP contribution in [0.2, 0.25) is 0 Å². The predicted octanol–water partition coefficient (Wildman–Crippen LogP) is 4.29. The molecule has 0 saturated heterocycles. The Balaban J connectivity index is 1.58. The van der Waals surface area contributed by atoms with Gasteiger partial charge in [0, 0.05) is 5.69 Å². The van der Waals surface area contributed by atoms with Crippen molar-refractivity contribution < 1.29 is 19.1 Å². The predicted molar refractivity (Wildman–Crippen MR) is 122 cm³/mol. The molecule has 0 atom stereocenters. The Morgan fingerprint density at radius 3 is 2.65 bits per heavy atom. The van der Waals surface area contributed by atoms with Gasteiger partial charge in [-0.15, -0.1) is 0 Å². The first-order valence-corrected chi connectivity index (χ1v) is 11.0. The fraction of sp³-hybridized carbons (Fsp3) is 0.440. The second-order valence-electron chi connectivity index (χ2n) is 8.21. The highest BCUT2D eigenvalue weighted by Crippen LogP contribution is 2.36. The quantitative estimate of drug-likeness (QED) is 0.441. The van der Waals surface area contributed by atoms with E-state index < -0.39 is 0 Å². The van der Waals surface area contributed by atoms with Crippen LogP contribution < -0.4 is 20.1 Å². The Morgan fingerprint density at radius 2 is 1.90 bits per heavy atom. The van der Waals surface area contributed by atoms with E-state index in [4.69, 9.17) is 9.47 Å². The van der Waals surface area contributed by atoms with Crippen LogP contribution in [-0.4, -0.2) is 32.6 Å². The third kappa shape index (κ3) is 6.74. The first-order chi connectivity index (χ1) is 15.1. The number of amides is 2. The summed E-state index contributed by atoms with van der Waals surface area (Å²) >= 11 is 0. The van der Waals surface area contributed by atoms with Gasteiger partial charge in [0.2, 0.25) is 12.3 Å². The number of nitrogens with one attached hydrogen (secondary N) is 2. The SMILES string of the molecule is COc1cc(CC(=O)Nc2cccc(C3CCC(C)CC3)c2)ccc1OCCNC=O. The lowest BCUT2D eigenvalue weighted by molar-refractivity contribution is -0.115. The Kier molecular flexibility index (Phi) is 8.33. The maximum absolute atomic E-state index is 12.6. The fourth-order valence-electron chi connectivity index (χ4n) is 4.07. The van der Waals surface area contributed by atoms with Crippen LogP contribution in [0.25, 0.3) is 0 Å². The third-order valence-corrected chi connectivity index (χ3v) is 5.84. The van der Waals surface area contributed by atoms with E-state index in [1.54, 1.807) is 13.2 Å². The molecule has 0 aliphatic heterocycles. The minimum Gasteiger partial charge on any atom is -0.493 e. The summed E-state index contributed by atoms with van der Waals surface area (Å²) in [5, 5.41) is 5.57. The van der Waals surface area contributed by atoms with E-state index in [0.717, 1.165) is 17.2 Å². The Labute approximate surface area is 184 Å². The van der Waals surface area contributed by atoms with Gasteiger partial charge < -0.3 is 20.1 Å². The second-order valence-corrected chi connectivity index (χ2v) is 8.21. The van der Waals surface area contributed by atoms with Crippen LogP contribution in [0.4, 0.5) is 5.69 Å². The highest BCUT2D eigenvalue weighted by Gasteiger charge is 2.20. The summed E-state index contributed by atoms with van der Waals surface area (Å²) in [6, 6.07) is 13.7. The highest BCUT2D eigenvalue weighted by atomic mass is 16.5. The first-order valence-electron chi connectivity index (χ1n) is 11.0. The van der Waals surface area contributed by atoms with Gasteiger partial charge in [-0.3, -0.25) is 9.59 Å². The van der Waals surface area contributed by atoms with Gasteiger partial charge in [-0.25, -0.2) is 0 Å². The van der Waals surface area contributed by atoms with E-state index in [9.17, 15) is 9.59 Å². The van der Waals surface area contributed by atoms with Crippen LogP contribution >= 0.6 is 0 Å². The lowest BCUT2D eigenvalue weighted by Crippen LogP contribution is -2.19. The molecule has 31 heavy (non-hydrogen) atoms. The Morgan fingerprint density at radius 1 is 1.10 bits per heavy atom. The van der Waals surface area contributed by atoms with E-state index >= 15 is 0 Å². The van der Waals surface area contributed by atoms with Crippen LogP contribution in [0.1, 0.15) is 49.7 Å². The van der Waals surface area contributed by atoms with Crippen molar-refractivity contribution in [3.05, 3.63) is 53.6 Å². The molecule has 6 nitrogen and oxygen atoms in total. The molecular formula is C25H32N2O4. The topological polar surface area (TPSA) is 76.7 Å². The van der Waals surface area contributed by atoms with E-state index in [0.29, 0.717) is 37.0 Å². The van der Waals surface area contributed by atoms with Gasteiger partial charge in [0.05, 0.1) is 20.1 Å². The summed E-state index contributed by atoms with van der Waals surface area (Å²) < 4.78 is 11.0. The van der Waals surface area contributed by atoms with Gasteiger partial charge in [-0.1, -0.05) is 38.0 Å². The summed E-state index contributed by atoms with van der Waals surface area (Å²) in [5.41, 5.74) is 3.00. The lowest BCUT2D eigenvalue weighted by Gasteiger charge is -2.26. The van der Waals surface area contributed by atoms with Crippen LogP contribution in [0.5, 0.6) is 11.5 Å². The van der Waals surface area contributed by atoms with Crippen molar-refractivity contribution >= 4 is 18.0 Å². The van der Waals surface area contributed by atoms with Crippen LogP contribution in [0.3, 0.4) is 0 Å². The molecule has 1 fully saturated rings. The minimum absolute atomic E-state index is 0.0691. The summed E-state index contributed by atoms with van der Waals surface area (Å²) in [6.07, 6.45) is 5.87. The van der Waals surface area contributed by atoms with Crippen LogP contribution in [0, 0.1) is 5.92 Å². The van der Waals surface area contributed by atoms with Crippen molar-refractivity contribution in [2.75, 3.05) is 25.6 Å². The number of ether oxygens (including phenoxy) is 2. The smallest absolute Gasteiger partial charge is 0.228 e. The number of carbonyl (C=O) groups excluding carboxylic acids is 2. The van der Waals surface area contributed by atoms with E-state index in [1.807, 2.05) is 24.3 Å². The molecule has 1 saturated carbocycles. The lowest BCUT2D eigenvalue weighted by atomic mass is 9.79. The van der Waals surface area contributed by atoms with Crippen LogP contribution in [-0.2, 0) is 16.0 Å². The number of methoxy groups -OCH3 is 1. The van der Waals surface area contributed by atoms with E-state index in [1.165, 1.54) is 31.2 Å². The van der Waals surface area contributed by atoms with Gasteiger partial charge >= 0.3 is 0 Å². The van der Waals surface area contributed by atoms with Crippen molar-refractivity contribution in [1.29, 1.82) is 0 Å². The maximum Gasteiger partial charge on any atom is 0.228 e. The molecule has 0 heterocycles. The molecule has 166 valence electrons. The van der Waals surface area contributed by atoms with Crippen LogP contribution in [0.15, 0.2) is 42.5 Å². The molecule has 0 unspecified atom stereocenters. The number of hydrogen-bond donors (Lipinski definition) is 2. The molecule has 2 N–H and O–H groups in total. The highest BCUT2D eigenvalue weighted by molar-refractivity contribution is 5.92. The zero-order chi connectivity index (χ0) is 22.1. The average molecular weight is 425 g/mol. The van der Waals surface area contributed by atoms with Gasteiger partial charge in [-0.2, -0.15) is 0 Å². The van der Waals surface area contributed by atoms with Crippen molar-refractivity contribution in [2.24, 2.45) is 5.92 Å². The van der Waals surface area contributed by atoms with E-state index in [2.05, 4.69) is 29.7 Å². The monoisotopic (exact) mass is 424 g/mol. The van der Waals surface area contributed by atoms with Gasteiger partial charge in [0.1, 0.15) is 6.61 Å². The molecule has 1 aliphatic carbocycles. The Hall–Kier alpha value is -3.02. The molecular weight excluding hydrogens is 392 g/mol. The zero-order valence-electron chi connectivity index (χ0n) is 18.4. The molecule has 3 rings (SSSR count). The summed E-state index contributed by atoms with van der Waals surface area (Å²) in [4.78, 5) is 22.9. The van der Waals surface area contributed by atoms with E-state index in [-0.39, 0.29) is 12.3 Å². The molecule has 1 aliphatic rings. The van der Waals surface area contributed by atoms with Crippen molar-refractivity contribution in [2.45, 2.75) is 44.9 Å². The number of rotatable bonds is 10. The molecule has 2 aromatic carbocycles. The molecule has 2 amide bonds. The number of carbonyl (C=O) groups is 2. The van der Waals surface area contributed by atoms with Crippen molar-refractivity contribution in [3.8, 4) is 11.5 Å². The number of hydrogen-bond acceptors (Lipinski definition) is 4. The normalized spacial score (nSPS) is 18.1. The summed E-state index contributed by atoms with van der Waals surface area (Å²) in [5.74, 6) is 2.48. The molecule has 0 radical (unpaired) electrons. The standard InChI is InChI=1S/C25H32N2O4/c1-18-6-9-20(10-7-18)21-4-3-5-22(16-21)27-25(29)15-19-8-11-23(24(14-19)30-2)31-13-12-26-17-28/h3-5,8,11,14,16-18,20H,6-7,9-10,12-13,15H2,1-2H3,(H,26,28)(H,27,29). The van der Waals surface area contributed by atoms with Gasteiger partial charge in [-0.05, 0) is 60.1 Å². The molecule has 0 spiro atoms. The summed E-state index contributed by atoms with van der Waals surface area (Å²) in [6.45, 7) is 3.08. The first kappa shape index (κ1) is 22.7. The van der Waals surface area contributed by atoms with Gasteiger partial charge in [0.15, 0.2) is 11.5 Å². The minimum atomic E-state index is -0.0691. The molecule has 6 heteroatoms. The maximum atomic E-state index is 12.6. The third-order valence-electron chi connectivity index (χ3n) is 5.84. The van der Waals surface area contributed by atoms with Gasteiger partial charge in [0.25, 0.3) is 0 Å². The Bertz CT molecular complexity index is 876. The number of benzene rings is 2. The molecule has 2 aromatic rings. The van der Waals surface area contributed by atoms with Crippen molar-refractivity contribution in [1.82, 2.24) is 5.32 Å². The zero-order valence-corrected chi connectivity index (χ0v) is 18.4. The fourth-order valence-corrected chi connectivity index (χ4v) is 4.07. The molecule has 0 aromatic heterocycles. The largest absolute Gasteiger partial charge is 0.493 e. The summed E-state index contributed by atoms with van der Waals surface area (Å²) in [7, 11) is 1.56. The average Bonchev–Trinajstić information content (AvgIpc) is 2.78. The second kappa shape index (κ2) is 11.4. The van der Waals surface area contributed by atoms with Crippen molar-refractivity contribution in [3.63, 3.8) is 0 Å². The number of anilines is 1. The molecule has 0 bridgehead atoms.